The number of benzene rings is 1. The third-order valence-electron chi connectivity index (χ3n) is 4.43. The van der Waals surface area contributed by atoms with E-state index < -0.39 is 11.6 Å². The summed E-state index contributed by atoms with van der Waals surface area (Å²) in [6.45, 7) is 6.88. The van der Waals surface area contributed by atoms with Crippen molar-refractivity contribution in [1.82, 2.24) is 10.6 Å². The average Bonchev–Trinajstić information content (AvgIpc) is 3.23. The fourth-order valence-corrected chi connectivity index (χ4v) is 2.99. The van der Waals surface area contributed by atoms with Crippen LogP contribution in [0.3, 0.4) is 0 Å². The van der Waals surface area contributed by atoms with Gasteiger partial charge in [-0.05, 0) is 51.1 Å². The van der Waals surface area contributed by atoms with Gasteiger partial charge in [0.1, 0.15) is 0 Å². The first-order valence-electron chi connectivity index (χ1n) is 8.41. The largest absolute Gasteiger partial charge is 0.465 e. The summed E-state index contributed by atoms with van der Waals surface area (Å²) in [4.78, 5) is 10.7. The van der Waals surface area contributed by atoms with E-state index in [2.05, 4.69) is 47.9 Å². The topological polar surface area (TPSA) is 61.4 Å². The van der Waals surface area contributed by atoms with Gasteiger partial charge >= 0.3 is 6.09 Å². The Kier molecular flexibility index (Phi) is 5.83. The predicted octanol–water partition coefficient (Wildman–Crippen LogP) is 3.89. The molecular formula is C19H28N2O2. The molecule has 0 radical (unpaired) electrons. The van der Waals surface area contributed by atoms with Crippen LogP contribution in [0.4, 0.5) is 4.79 Å². The highest BCUT2D eigenvalue weighted by molar-refractivity contribution is 5.65. The molecule has 0 heterocycles. The van der Waals surface area contributed by atoms with Crippen molar-refractivity contribution in [3.63, 3.8) is 0 Å². The van der Waals surface area contributed by atoms with Gasteiger partial charge in [0.25, 0.3) is 0 Å². The van der Waals surface area contributed by atoms with E-state index in [0.717, 1.165) is 19.4 Å². The van der Waals surface area contributed by atoms with Crippen LogP contribution in [-0.4, -0.2) is 29.3 Å². The van der Waals surface area contributed by atoms with Gasteiger partial charge in [0, 0.05) is 11.6 Å². The molecule has 23 heavy (non-hydrogen) atoms. The Morgan fingerprint density at radius 2 is 2.04 bits per heavy atom. The fourth-order valence-electron chi connectivity index (χ4n) is 2.99. The molecule has 1 aromatic rings. The molecule has 1 aliphatic carbocycles. The molecule has 1 aliphatic rings. The molecule has 3 N–H and O–H groups in total. The monoisotopic (exact) mass is 316 g/mol. The van der Waals surface area contributed by atoms with Crippen LogP contribution in [0, 0.1) is 5.92 Å². The minimum Gasteiger partial charge on any atom is -0.465 e. The maximum absolute atomic E-state index is 10.7. The maximum Gasteiger partial charge on any atom is 0.405 e. The van der Waals surface area contributed by atoms with Crippen molar-refractivity contribution in [2.45, 2.75) is 51.6 Å². The molecule has 2 rings (SSSR count). The SMILES string of the molecule is CCC(=Cc1ccccc1)C1C[C@@H]1NCCC(C)(C)NC(=O)O. The van der Waals surface area contributed by atoms with Gasteiger partial charge in [-0.3, -0.25) is 0 Å². The molecule has 0 aliphatic heterocycles. The molecule has 1 fully saturated rings. The van der Waals surface area contributed by atoms with Gasteiger partial charge in [-0.25, -0.2) is 4.79 Å². The minimum atomic E-state index is -0.960. The quantitative estimate of drug-likeness (QED) is 0.682. The summed E-state index contributed by atoms with van der Waals surface area (Å²) in [6, 6.07) is 11.0. The number of hydrogen-bond acceptors (Lipinski definition) is 2. The lowest BCUT2D eigenvalue weighted by Crippen LogP contribution is -2.44. The maximum atomic E-state index is 10.7. The summed E-state index contributed by atoms with van der Waals surface area (Å²) in [6.07, 6.45) is 4.39. The van der Waals surface area contributed by atoms with Crippen LogP contribution in [-0.2, 0) is 0 Å². The second kappa shape index (κ2) is 7.64. The molecule has 1 amide bonds. The molecule has 4 nitrogen and oxygen atoms in total. The number of amides is 1. The molecule has 126 valence electrons. The summed E-state index contributed by atoms with van der Waals surface area (Å²) >= 11 is 0. The standard InChI is InChI=1S/C19H28N2O2/c1-4-15(12-14-8-6-5-7-9-14)16-13-17(16)20-11-10-19(2,3)21-18(22)23/h5-9,12,16-17,20-21H,4,10-11,13H2,1-3H3,(H,22,23)/t16?,17-/m0/s1. The van der Waals surface area contributed by atoms with Crippen molar-refractivity contribution < 1.29 is 9.90 Å². The van der Waals surface area contributed by atoms with Crippen molar-refractivity contribution >= 4 is 12.2 Å². The first-order chi connectivity index (χ1) is 10.9. The van der Waals surface area contributed by atoms with Crippen molar-refractivity contribution in [3.05, 3.63) is 41.5 Å². The van der Waals surface area contributed by atoms with E-state index >= 15 is 0 Å². The molecule has 0 bridgehead atoms. The summed E-state index contributed by atoms with van der Waals surface area (Å²) in [7, 11) is 0. The van der Waals surface area contributed by atoms with Crippen LogP contribution in [0.25, 0.3) is 6.08 Å². The van der Waals surface area contributed by atoms with Crippen LogP contribution in [0.15, 0.2) is 35.9 Å². The van der Waals surface area contributed by atoms with E-state index in [0.29, 0.717) is 12.0 Å². The molecule has 0 aromatic heterocycles. The van der Waals surface area contributed by atoms with Crippen LogP contribution in [0.2, 0.25) is 0 Å². The lowest BCUT2D eigenvalue weighted by molar-refractivity contribution is 0.180. The Hall–Kier alpha value is -1.81. The normalized spacial score (nSPS) is 21.1. The molecule has 1 saturated carbocycles. The Labute approximate surface area is 139 Å². The number of rotatable bonds is 8. The Morgan fingerprint density at radius 3 is 2.65 bits per heavy atom. The summed E-state index contributed by atoms with van der Waals surface area (Å²) in [5.41, 5.74) is 2.37. The Morgan fingerprint density at radius 1 is 1.35 bits per heavy atom. The van der Waals surface area contributed by atoms with E-state index in [-0.39, 0.29) is 0 Å². The molecule has 4 heteroatoms. The van der Waals surface area contributed by atoms with Crippen molar-refractivity contribution in [2.24, 2.45) is 5.92 Å². The molecule has 1 aromatic carbocycles. The van der Waals surface area contributed by atoms with E-state index in [1.165, 1.54) is 17.6 Å². The number of nitrogens with one attached hydrogen (secondary N) is 2. The van der Waals surface area contributed by atoms with Gasteiger partial charge in [0.2, 0.25) is 0 Å². The zero-order chi connectivity index (χ0) is 16.9. The smallest absolute Gasteiger partial charge is 0.405 e. The van der Waals surface area contributed by atoms with Gasteiger partial charge in [-0.2, -0.15) is 0 Å². The van der Waals surface area contributed by atoms with E-state index in [1.807, 2.05) is 19.9 Å². The first kappa shape index (κ1) is 17.5. The molecule has 2 atom stereocenters. The molecular weight excluding hydrogens is 288 g/mol. The van der Waals surface area contributed by atoms with E-state index in [4.69, 9.17) is 5.11 Å². The van der Waals surface area contributed by atoms with Crippen LogP contribution in [0.1, 0.15) is 45.6 Å². The molecule has 0 saturated heterocycles. The highest BCUT2D eigenvalue weighted by atomic mass is 16.4. The number of carbonyl (C=O) groups is 1. The fraction of sp³-hybridized carbons (Fsp3) is 0.526. The van der Waals surface area contributed by atoms with Crippen LogP contribution in [0.5, 0.6) is 0 Å². The Balaban J connectivity index is 1.80. The Bertz CT molecular complexity index is 552. The van der Waals surface area contributed by atoms with Crippen LogP contribution >= 0.6 is 0 Å². The third kappa shape index (κ3) is 5.71. The lowest BCUT2D eigenvalue weighted by atomic mass is 10.0. The second-order valence-corrected chi connectivity index (χ2v) is 6.95. The van der Waals surface area contributed by atoms with Crippen molar-refractivity contribution in [1.29, 1.82) is 0 Å². The molecule has 1 unspecified atom stereocenters. The zero-order valence-corrected chi connectivity index (χ0v) is 14.3. The van der Waals surface area contributed by atoms with Gasteiger partial charge in [0.05, 0.1) is 0 Å². The first-order valence-corrected chi connectivity index (χ1v) is 8.41. The number of carboxylic acid groups (broad SMARTS) is 1. The van der Waals surface area contributed by atoms with Gasteiger partial charge < -0.3 is 15.7 Å². The molecule has 0 spiro atoms. The second-order valence-electron chi connectivity index (χ2n) is 6.95. The van der Waals surface area contributed by atoms with Gasteiger partial charge in [-0.15, -0.1) is 0 Å². The zero-order valence-electron chi connectivity index (χ0n) is 14.3. The highest BCUT2D eigenvalue weighted by Crippen LogP contribution is 2.39. The van der Waals surface area contributed by atoms with E-state index in [9.17, 15) is 4.79 Å². The van der Waals surface area contributed by atoms with Crippen molar-refractivity contribution in [2.75, 3.05) is 6.54 Å². The summed E-state index contributed by atoms with van der Waals surface area (Å²) in [5.74, 6) is 0.621. The summed E-state index contributed by atoms with van der Waals surface area (Å²) in [5, 5.41) is 14.9. The summed E-state index contributed by atoms with van der Waals surface area (Å²) < 4.78 is 0. The highest BCUT2D eigenvalue weighted by Gasteiger charge is 2.38. The minimum absolute atomic E-state index is 0.392. The van der Waals surface area contributed by atoms with Crippen molar-refractivity contribution in [3.8, 4) is 0 Å². The number of hydrogen-bond donors (Lipinski definition) is 3. The average molecular weight is 316 g/mol. The van der Waals surface area contributed by atoms with Crippen LogP contribution < -0.4 is 10.6 Å². The lowest BCUT2D eigenvalue weighted by Gasteiger charge is -2.24. The van der Waals surface area contributed by atoms with E-state index in [1.54, 1.807) is 0 Å². The van der Waals surface area contributed by atoms with Gasteiger partial charge in [-0.1, -0.05) is 48.9 Å². The third-order valence-corrected chi connectivity index (χ3v) is 4.43. The van der Waals surface area contributed by atoms with Gasteiger partial charge in [0.15, 0.2) is 0 Å². The predicted molar refractivity (Wildman–Crippen MR) is 94.5 cm³/mol.